The first kappa shape index (κ1) is 21.5. The fourth-order valence-corrected chi connectivity index (χ4v) is 3.97. The fourth-order valence-electron chi connectivity index (χ4n) is 2.66. The van der Waals surface area contributed by atoms with Crippen LogP contribution in [-0.2, 0) is 17.9 Å². The van der Waals surface area contributed by atoms with Gasteiger partial charge in [-0.2, -0.15) is 0 Å². The maximum absolute atomic E-state index is 12.5. The molecule has 1 unspecified atom stereocenters. The second-order valence-corrected chi connectivity index (χ2v) is 8.45. The molecule has 6 nitrogen and oxygen atoms in total. The number of anilines is 2. The quantitative estimate of drug-likeness (QED) is 0.454. The summed E-state index contributed by atoms with van der Waals surface area (Å²) in [7, 11) is 0. The average molecular weight is 450 g/mol. The van der Waals surface area contributed by atoms with Crippen molar-refractivity contribution in [3.63, 3.8) is 0 Å². The molecule has 1 atom stereocenters. The molecule has 0 saturated heterocycles. The third-order valence-corrected chi connectivity index (χ3v) is 5.68. The molecule has 152 valence electrons. The minimum atomic E-state index is -0.350. The summed E-state index contributed by atoms with van der Waals surface area (Å²) in [4.78, 5) is 12.5. The van der Waals surface area contributed by atoms with Crippen LogP contribution in [0, 0.1) is 0 Å². The van der Waals surface area contributed by atoms with Crippen molar-refractivity contribution >= 4 is 52.2 Å². The van der Waals surface area contributed by atoms with E-state index < -0.39 is 0 Å². The van der Waals surface area contributed by atoms with Crippen LogP contribution in [-0.4, -0.2) is 25.9 Å². The number of amides is 1. The molecule has 0 aliphatic heterocycles. The topological polar surface area (TPSA) is 71.8 Å². The van der Waals surface area contributed by atoms with Gasteiger partial charge >= 0.3 is 0 Å². The largest absolute Gasteiger partial charge is 0.378 e. The van der Waals surface area contributed by atoms with Crippen molar-refractivity contribution in [3.05, 3.63) is 64.4 Å². The molecule has 0 saturated carbocycles. The van der Waals surface area contributed by atoms with Crippen molar-refractivity contribution in [2.45, 2.75) is 37.3 Å². The van der Waals surface area contributed by atoms with Gasteiger partial charge in [0.1, 0.15) is 0 Å². The Morgan fingerprint density at radius 2 is 1.76 bits per heavy atom. The summed E-state index contributed by atoms with van der Waals surface area (Å²) in [6.07, 6.45) is 0. The Morgan fingerprint density at radius 1 is 1.10 bits per heavy atom. The first-order valence-electron chi connectivity index (χ1n) is 9.11. The minimum Gasteiger partial charge on any atom is -0.378 e. The second-order valence-electron chi connectivity index (χ2n) is 6.27. The summed E-state index contributed by atoms with van der Waals surface area (Å²) in [5, 5.41) is 16.3. The SMILES string of the molecule is CCn1c(CNc2cccc(Cl)c2)nnc1SC(C)C(=O)Nc1cccc(Cl)c1. The monoisotopic (exact) mass is 449 g/mol. The number of halogens is 2. The van der Waals surface area contributed by atoms with Gasteiger partial charge in [-0.3, -0.25) is 4.79 Å². The number of benzene rings is 2. The van der Waals surface area contributed by atoms with Gasteiger partial charge in [0.05, 0.1) is 11.8 Å². The lowest BCUT2D eigenvalue weighted by Crippen LogP contribution is -2.23. The zero-order valence-electron chi connectivity index (χ0n) is 16.0. The van der Waals surface area contributed by atoms with Crippen molar-refractivity contribution in [1.82, 2.24) is 14.8 Å². The third kappa shape index (κ3) is 5.88. The Labute approximate surface area is 184 Å². The van der Waals surface area contributed by atoms with Crippen LogP contribution < -0.4 is 10.6 Å². The van der Waals surface area contributed by atoms with Crippen LogP contribution in [0.2, 0.25) is 10.0 Å². The van der Waals surface area contributed by atoms with E-state index in [1.54, 1.807) is 24.3 Å². The number of hydrogen-bond donors (Lipinski definition) is 2. The van der Waals surface area contributed by atoms with E-state index in [1.807, 2.05) is 42.7 Å². The van der Waals surface area contributed by atoms with Gasteiger partial charge in [-0.25, -0.2) is 0 Å². The van der Waals surface area contributed by atoms with Crippen molar-refractivity contribution in [3.8, 4) is 0 Å². The molecule has 0 radical (unpaired) electrons. The molecule has 0 spiro atoms. The number of hydrogen-bond acceptors (Lipinski definition) is 5. The van der Waals surface area contributed by atoms with Crippen LogP contribution in [0.1, 0.15) is 19.7 Å². The Bertz CT molecular complexity index is 995. The molecular formula is C20H21Cl2N5OS. The summed E-state index contributed by atoms with van der Waals surface area (Å²) in [5.41, 5.74) is 1.57. The number of nitrogens with zero attached hydrogens (tertiary/aromatic N) is 3. The number of nitrogens with one attached hydrogen (secondary N) is 2. The van der Waals surface area contributed by atoms with Crippen molar-refractivity contribution < 1.29 is 4.79 Å². The molecule has 2 aromatic carbocycles. The fraction of sp³-hybridized carbons (Fsp3) is 0.250. The van der Waals surface area contributed by atoms with Gasteiger partial charge in [0.25, 0.3) is 0 Å². The van der Waals surface area contributed by atoms with Crippen LogP contribution in [0.15, 0.2) is 53.7 Å². The van der Waals surface area contributed by atoms with Gasteiger partial charge in [0, 0.05) is 28.0 Å². The second kappa shape index (κ2) is 10.0. The van der Waals surface area contributed by atoms with E-state index in [9.17, 15) is 4.79 Å². The molecule has 1 aromatic heterocycles. The van der Waals surface area contributed by atoms with E-state index in [2.05, 4.69) is 20.8 Å². The van der Waals surface area contributed by atoms with Crippen molar-refractivity contribution in [1.29, 1.82) is 0 Å². The summed E-state index contributed by atoms with van der Waals surface area (Å²) in [6.45, 7) is 5.06. The first-order chi connectivity index (χ1) is 14.0. The van der Waals surface area contributed by atoms with Crippen LogP contribution in [0.3, 0.4) is 0 Å². The molecule has 0 aliphatic rings. The van der Waals surface area contributed by atoms with Gasteiger partial charge in [-0.15, -0.1) is 10.2 Å². The molecule has 0 fully saturated rings. The van der Waals surface area contributed by atoms with Crippen LogP contribution in [0.5, 0.6) is 0 Å². The lowest BCUT2D eigenvalue weighted by molar-refractivity contribution is -0.115. The highest BCUT2D eigenvalue weighted by atomic mass is 35.5. The molecule has 1 heterocycles. The predicted octanol–water partition coefficient (Wildman–Crippen LogP) is 5.34. The number of carbonyl (C=O) groups excluding carboxylic acids is 1. The highest BCUT2D eigenvalue weighted by molar-refractivity contribution is 8.00. The molecular weight excluding hydrogens is 429 g/mol. The molecule has 0 aliphatic carbocycles. The smallest absolute Gasteiger partial charge is 0.237 e. The maximum Gasteiger partial charge on any atom is 0.237 e. The van der Waals surface area contributed by atoms with E-state index in [-0.39, 0.29) is 11.2 Å². The average Bonchev–Trinajstić information content (AvgIpc) is 3.07. The summed E-state index contributed by atoms with van der Waals surface area (Å²) in [5.74, 6) is 0.666. The Hall–Kier alpha value is -2.22. The number of rotatable bonds is 8. The Kier molecular flexibility index (Phi) is 7.41. The predicted molar refractivity (Wildman–Crippen MR) is 120 cm³/mol. The first-order valence-corrected chi connectivity index (χ1v) is 10.7. The van der Waals surface area contributed by atoms with Crippen LogP contribution >= 0.6 is 35.0 Å². The number of carbonyl (C=O) groups is 1. The van der Waals surface area contributed by atoms with E-state index in [0.29, 0.717) is 34.0 Å². The van der Waals surface area contributed by atoms with E-state index in [1.165, 1.54) is 11.8 Å². The third-order valence-electron chi connectivity index (χ3n) is 4.13. The normalized spacial score (nSPS) is 11.9. The molecule has 9 heteroatoms. The number of aromatic nitrogens is 3. The summed E-state index contributed by atoms with van der Waals surface area (Å²) >= 11 is 13.4. The molecule has 3 aromatic rings. The lowest BCUT2D eigenvalue weighted by Gasteiger charge is -2.13. The van der Waals surface area contributed by atoms with Crippen LogP contribution in [0.4, 0.5) is 11.4 Å². The van der Waals surface area contributed by atoms with Crippen molar-refractivity contribution in [2.75, 3.05) is 10.6 Å². The Balaban J connectivity index is 1.63. The standard InChI is InChI=1S/C20H21Cl2N5OS/c1-3-27-18(12-23-16-8-4-6-14(21)10-16)25-26-20(27)29-13(2)19(28)24-17-9-5-7-15(22)11-17/h4-11,13,23H,3,12H2,1-2H3,(H,24,28). The number of thioether (sulfide) groups is 1. The lowest BCUT2D eigenvalue weighted by atomic mass is 10.3. The highest BCUT2D eigenvalue weighted by Crippen LogP contribution is 2.24. The highest BCUT2D eigenvalue weighted by Gasteiger charge is 2.20. The van der Waals surface area contributed by atoms with Crippen LogP contribution in [0.25, 0.3) is 0 Å². The van der Waals surface area contributed by atoms with Crippen molar-refractivity contribution in [2.24, 2.45) is 0 Å². The summed E-state index contributed by atoms with van der Waals surface area (Å²) in [6, 6.07) is 14.6. The Morgan fingerprint density at radius 3 is 2.41 bits per heavy atom. The van der Waals surface area contributed by atoms with Gasteiger partial charge in [0.2, 0.25) is 5.91 Å². The van der Waals surface area contributed by atoms with Gasteiger partial charge in [0.15, 0.2) is 11.0 Å². The zero-order chi connectivity index (χ0) is 20.8. The van der Waals surface area contributed by atoms with Gasteiger partial charge in [-0.1, -0.05) is 47.1 Å². The minimum absolute atomic E-state index is 0.124. The van der Waals surface area contributed by atoms with E-state index >= 15 is 0 Å². The maximum atomic E-state index is 12.5. The van der Waals surface area contributed by atoms with Gasteiger partial charge < -0.3 is 15.2 Å². The summed E-state index contributed by atoms with van der Waals surface area (Å²) < 4.78 is 1.99. The molecule has 2 N–H and O–H groups in total. The zero-order valence-corrected chi connectivity index (χ0v) is 18.4. The molecule has 29 heavy (non-hydrogen) atoms. The molecule has 1 amide bonds. The molecule has 3 rings (SSSR count). The van der Waals surface area contributed by atoms with E-state index in [0.717, 1.165) is 11.5 Å². The van der Waals surface area contributed by atoms with Gasteiger partial charge in [-0.05, 0) is 50.2 Å². The van der Waals surface area contributed by atoms with E-state index in [4.69, 9.17) is 23.2 Å². The molecule has 0 bridgehead atoms.